The summed E-state index contributed by atoms with van der Waals surface area (Å²) in [6.45, 7) is 5.72. The zero-order valence-corrected chi connectivity index (χ0v) is 19.5. The van der Waals surface area contributed by atoms with Crippen LogP contribution in [0.1, 0.15) is 17.3 Å². The molecule has 5 heterocycles. The molecule has 5 aromatic heterocycles. The van der Waals surface area contributed by atoms with Gasteiger partial charge < -0.3 is 24.1 Å². The van der Waals surface area contributed by atoms with E-state index in [1.807, 2.05) is 56.8 Å². The Morgan fingerprint density at radius 2 is 1.97 bits per heavy atom. The molecular formula is C25H23N7O2. The molecule has 34 heavy (non-hydrogen) atoms. The molecule has 0 spiro atoms. The molecule has 0 saturated heterocycles. The van der Waals surface area contributed by atoms with Gasteiger partial charge in [-0.3, -0.25) is 0 Å². The minimum Gasteiger partial charge on any atom is -0.496 e. The van der Waals surface area contributed by atoms with E-state index in [0.29, 0.717) is 5.82 Å². The summed E-state index contributed by atoms with van der Waals surface area (Å²) in [5, 5.41) is 10.5. The number of benzene rings is 1. The minimum absolute atomic E-state index is 0.665. The monoisotopic (exact) mass is 453 g/mol. The molecule has 0 aliphatic rings. The topological polar surface area (TPSA) is 107 Å². The second-order valence-corrected chi connectivity index (χ2v) is 8.42. The fourth-order valence-electron chi connectivity index (χ4n) is 4.70. The number of aryl methyl sites for hydroxylation is 4. The third kappa shape index (κ3) is 2.93. The second kappa shape index (κ2) is 7.31. The largest absolute Gasteiger partial charge is 0.496 e. The standard InChI is InChI=1S/C25H23N7O2/c1-12-21(13(2)34-31-12)17-9-18-16(10-20(17)33-5)22-23(29-18)27-14(3)28-24(22)30-19-11-32(4)25-15(19)7-6-8-26-25/h6-11H,1-5H3,(H2,27,28,29,30). The minimum atomic E-state index is 0.665. The number of pyridine rings is 1. The first-order chi connectivity index (χ1) is 16.4. The van der Waals surface area contributed by atoms with Crippen LogP contribution < -0.4 is 10.1 Å². The van der Waals surface area contributed by atoms with Crippen LogP contribution in [-0.4, -0.2) is 36.8 Å². The fourth-order valence-corrected chi connectivity index (χ4v) is 4.70. The number of anilines is 2. The van der Waals surface area contributed by atoms with Gasteiger partial charge in [0.15, 0.2) is 0 Å². The van der Waals surface area contributed by atoms with E-state index >= 15 is 0 Å². The average Bonchev–Trinajstić information content (AvgIpc) is 3.45. The van der Waals surface area contributed by atoms with Crippen molar-refractivity contribution in [3.63, 3.8) is 0 Å². The summed E-state index contributed by atoms with van der Waals surface area (Å²) in [6.07, 6.45) is 3.81. The van der Waals surface area contributed by atoms with E-state index < -0.39 is 0 Å². The molecule has 9 nitrogen and oxygen atoms in total. The number of aromatic nitrogens is 6. The quantitative estimate of drug-likeness (QED) is 0.371. The highest BCUT2D eigenvalue weighted by molar-refractivity contribution is 6.13. The number of methoxy groups -OCH3 is 1. The van der Waals surface area contributed by atoms with Gasteiger partial charge in [-0.15, -0.1) is 0 Å². The van der Waals surface area contributed by atoms with Crippen LogP contribution in [-0.2, 0) is 7.05 Å². The average molecular weight is 454 g/mol. The molecular weight excluding hydrogens is 430 g/mol. The molecule has 0 fully saturated rings. The van der Waals surface area contributed by atoms with Gasteiger partial charge in [0.1, 0.15) is 34.4 Å². The van der Waals surface area contributed by atoms with Crippen molar-refractivity contribution >= 4 is 44.5 Å². The molecule has 0 saturated carbocycles. The Morgan fingerprint density at radius 3 is 2.74 bits per heavy atom. The SMILES string of the molecule is COc1cc2c(cc1-c1c(C)noc1C)[nH]c1nc(C)nc(Nc3cn(C)c4ncccc34)c12. The summed E-state index contributed by atoms with van der Waals surface area (Å²) < 4.78 is 13.2. The molecule has 2 N–H and O–H groups in total. The first-order valence-electron chi connectivity index (χ1n) is 10.9. The molecule has 9 heteroatoms. The highest BCUT2D eigenvalue weighted by Gasteiger charge is 2.21. The summed E-state index contributed by atoms with van der Waals surface area (Å²) in [6, 6.07) is 8.05. The Labute approximate surface area is 194 Å². The Morgan fingerprint density at radius 1 is 1.12 bits per heavy atom. The number of hydrogen-bond donors (Lipinski definition) is 2. The number of nitrogens with zero attached hydrogens (tertiary/aromatic N) is 5. The van der Waals surface area contributed by atoms with E-state index in [0.717, 1.165) is 72.8 Å². The molecule has 0 unspecified atom stereocenters. The van der Waals surface area contributed by atoms with Crippen LogP contribution >= 0.6 is 0 Å². The molecule has 0 amide bonds. The smallest absolute Gasteiger partial charge is 0.144 e. The zero-order chi connectivity index (χ0) is 23.6. The number of hydrogen-bond acceptors (Lipinski definition) is 7. The van der Waals surface area contributed by atoms with E-state index in [4.69, 9.17) is 14.2 Å². The number of aromatic amines is 1. The molecule has 6 aromatic rings. The van der Waals surface area contributed by atoms with Crippen molar-refractivity contribution in [1.29, 1.82) is 0 Å². The van der Waals surface area contributed by atoms with E-state index in [-0.39, 0.29) is 0 Å². The summed E-state index contributed by atoms with van der Waals surface area (Å²) >= 11 is 0. The normalized spacial score (nSPS) is 11.7. The van der Waals surface area contributed by atoms with Crippen molar-refractivity contribution in [3.8, 4) is 16.9 Å². The maximum Gasteiger partial charge on any atom is 0.144 e. The van der Waals surface area contributed by atoms with Gasteiger partial charge in [-0.25, -0.2) is 15.0 Å². The van der Waals surface area contributed by atoms with Crippen LogP contribution in [0.3, 0.4) is 0 Å². The maximum atomic E-state index is 5.79. The summed E-state index contributed by atoms with van der Waals surface area (Å²) in [5.41, 5.74) is 6.16. The predicted octanol–water partition coefficient (Wildman–Crippen LogP) is 5.33. The van der Waals surface area contributed by atoms with Crippen LogP contribution in [0.25, 0.3) is 44.1 Å². The molecule has 0 aliphatic carbocycles. The lowest BCUT2D eigenvalue weighted by Gasteiger charge is -2.10. The fraction of sp³-hybridized carbons (Fsp3) is 0.200. The number of rotatable bonds is 4. The van der Waals surface area contributed by atoms with Crippen molar-refractivity contribution in [1.82, 2.24) is 29.7 Å². The van der Waals surface area contributed by atoms with Gasteiger partial charge in [0, 0.05) is 41.3 Å². The Bertz CT molecular complexity index is 1710. The van der Waals surface area contributed by atoms with Crippen molar-refractivity contribution in [2.75, 3.05) is 12.4 Å². The zero-order valence-electron chi connectivity index (χ0n) is 19.5. The maximum absolute atomic E-state index is 5.79. The number of nitrogens with one attached hydrogen (secondary N) is 2. The first-order valence-corrected chi connectivity index (χ1v) is 10.9. The van der Waals surface area contributed by atoms with E-state index in [9.17, 15) is 0 Å². The van der Waals surface area contributed by atoms with Crippen LogP contribution in [0, 0.1) is 20.8 Å². The highest BCUT2D eigenvalue weighted by Crippen LogP contribution is 2.41. The van der Waals surface area contributed by atoms with Gasteiger partial charge in [0.05, 0.1) is 29.4 Å². The van der Waals surface area contributed by atoms with Crippen molar-refractivity contribution in [2.45, 2.75) is 20.8 Å². The van der Waals surface area contributed by atoms with E-state index in [1.165, 1.54) is 0 Å². The lowest BCUT2D eigenvalue weighted by molar-refractivity contribution is 0.393. The molecule has 0 aliphatic heterocycles. The predicted molar refractivity (Wildman–Crippen MR) is 132 cm³/mol. The Kier molecular flexibility index (Phi) is 4.35. The van der Waals surface area contributed by atoms with Gasteiger partial charge in [0.2, 0.25) is 0 Å². The molecule has 0 atom stereocenters. The number of H-pyrrole nitrogens is 1. The highest BCUT2D eigenvalue weighted by atomic mass is 16.5. The first kappa shape index (κ1) is 20.2. The van der Waals surface area contributed by atoms with Crippen LogP contribution in [0.4, 0.5) is 11.5 Å². The summed E-state index contributed by atoms with van der Waals surface area (Å²) in [7, 11) is 3.65. The van der Waals surface area contributed by atoms with Crippen molar-refractivity contribution in [2.24, 2.45) is 7.05 Å². The number of fused-ring (bicyclic) bond motifs is 4. The summed E-state index contributed by atoms with van der Waals surface area (Å²) in [5.74, 6) is 2.85. The molecule has 0 bridgehead atoms. The second-order valence-electron chi connectivity index (χ2n) is 8.42. The lowest BCUT2D eigenvalue weighted by atomic mass is 10.0. The van der Waals surface area contributed by atoms with E-state index in [2.05, 4.69) is 31.5 Å². The molecule has 6 rings (SSSR count). The lowest BCUT2D eigenvalue weighted by Crippen LogP contribution is -1.98. The van der Waals surface area contributed by atoms with Gasteiger partial charge in [-0.05, 0) is 45.0 Å². The van der Waals surface area contributed by atoms with Crippen molar-refractivity contribution in [3.05, 3.63) is 53.9 Å². The molecule has 0 radical (unpaired) electrons. The van der Waals surface area contributed by atoms with E-state index in [1.54, 1.807) is 13.3 Å². The van der Waals surface area contributed by atoms with Gasteiger partial charge in [-0.2, -0.15) is 0 Å². The van der Waals surface area contributed by atoms with Gasteiger partial charge in [-0.1, -0.05) is 5.16 Å². The summed E-state index contributed by atoms with van der Waals surface area (Å²) in [4.78, 5) is 17.4. The Hall–Kier alpha value is -4.40. The van der Waals surface area contributed by atoms with Gasteiger partial charge in [0.25, 0.3) is 0 Å². The number of ether oxygens (including phenoxy) is 1. The van der Waals surface area contributed by atoms with Crippen LogP contribution in [0.5, 0.6) is 5.75 Å². The third-order valence-corrected chi connectivity index (χ3v) is 6.17. The third-order valence-electron chi connectivity index (χ3n) is 6.17. The van der Waals surface area contributed by atoms with Crippen molar-refractivity contribution < 1.29 is 9.26 Å². The molecule has 170 valence electrons. The van der Waals surface area contributed by atoms with Crippen LogP contribution in [0.15, 0.2) is 41.2 Å². The van der Waals surface area contributed by atoms with Gasteiger partial charge >= 0.3 is 0 Å². The Balaban J connectivity index is 1.59. The van der Waals surface area contributed by atoms with Crippen LogP contribution in [0.2, 0.25) is 0 Å². The molecule has 1 aromatic carbocycles.